The zero-order chi connectivity index (χ0) is 16.2. The highest BCUT2D eigenvalue weighted by molar-refractivity contribution is 7.13. The van der Waals surface area contributed by atoms with Crippen LogP contribution in [-0.4, -0.2) is 22.0 Å². The smallest absolute Gasteiger partial charge is 0.270 e. The molecular formula is C18H21N3OS. The van der Waals surface area contributed by atoms with E-state index in [1.807, 2.05) is 24.6 Å². The maximum Gasteiger partial charge on any atom is 0.270 e. The largest absolute Gasteiger partial charge is 0.351 e. The molecule has 1 amide bonds. The number of aromatic nitrogens is 2. The number of fused-ring (bicyclic) bond motifs is 1. The number of para-hydroxylation sites is 1. The van der Waals surface area contributed by atoms with E-state index in [0.29, 0.717) is 12.2 Å². The number of hydrogen-bond acceptors (Lipinski definition) is 3. The first-order valence-electron chi connectivity index (χ1n) is 7.99. The van der Waals surface area contributed by atoms with Crippen molar-refractivity contribution in [3.63, 3.8) is 0 Å². The average molecular weight is 327 g/mol. The van der Waals surface area contributed by atoms with Gasteiger partial charge in [0, 0.05) is 29.9 Å². The van der Waals surface area contributed by atoms with E-state index < -0.39 is 0 Å². The van der Waals surface area contributed by atoms with E-state index >= 15 is 0 Å². The van der Waals surface area contributed by atoms with Gasteiger partial charge in [-0.05, 0) is 18.6 Å². The van der Waals surface area contributed by atoms with Crippen LogP contribution in [0.5, 0.6) is 0 Å². The molecule has 1 N–H and O–H groups in total. The molecule has 2 heterocycles. The topological polar surface area (TPSA) is 46.9 Å². The molecule has 0 atom stereocenters. The molecule has 0 fully saturated rings. The van der Waals surface area contributed by atoms with Crippen molar-refractivity contribution in [2.45, 2.75) is 26.2 Å². The number of amides is 1. The molecule has 120 valence electrons. The van der Waals surface area contributed by atoms with Gasteiger partial charge in [0.15, 0.2) is 0 Å². The second kappa shape index (κ2) is 6.96. The highest BCUT2D eigenvalue weighted by Crippen LogP contribution is 2.29. The van der Waals surface area contributed by atoms with Gasteiger partial charge in [-0.2, -0.15) is 0 Å². The zero-order valence-corrected chi connectivity index (χ0v) is 14.3. The van der Waals surface area contributed by atoms with E-state index in [1.54, 1.807) is 0 Å². The maximum absolute atomic E-state index is 12.1. The summed E-state index contributed by atoms with van der Waals surface area (Å²) in [4.78, 5) is 16.7. The Morgan fingerprint density at radius 1 is 1.30 bits per heavy atom. The average Bonchev–Trinajstić information content (AvgIpc) is 3.17. The van der Waals surface area contributed by atoms with E-state index in [1.165, 1.54) is 22.2 Å². The Balaban J connectivity index is 1.78. The van der Waals surface area contributed by atoms with Gasteiger partial charge in [-0.25, -0.2) is 4.98 Å². The maximum atomic E-state index is 12.1. The van der Waals surface area contributed by atoms with E-state index in [9.17, 15) is 4.79 Å². The fraction of sp³-hybridized carbons (Fsp3) is 0.333. The fourth-order valence-corrected chi connectivity index (χ4v) is 3.51. The number of benzene rings is 1. The summed E-state index contributed by atoms with van der Waals surface area (Å²) in [5.74, 6) is -0.0811. The summed E-state index contributed by atoms with van der Waals surface area (Å²) in [5, 5.41) is 6.84. The Labute approximate surface area is 140 Å². The van der Waals surface area contributed by atoms with E-state index in [-0.39, 0.29) is 5.91 Å². The Morgan fingerprint density at radius 3 is 2.91 bits per heavy atom. The van der Waals surface area contributed by atoms with Crippen molar-refractivity contribution >= 4 is 28.1 Å². The summed E-state index contributed by atoms with van der Waals surface area (Å²) in [5.41, 5.74) is 2.72. The van der Waals surface area contributed by atoms with Crippen LogP contribution >= 0.6 is 11.3 Å². The molecule has 0 radical (unpaired) electrons. The lowest BCUT2D eigenvalue weighted by Gasteiger charge is -2.02. The molecule has 0 saturated heterocycles. The van der Waals surface area contributed by atoms with Crippen molar-refractivity contribution in [1.82, 2.24) is 14.9 Å². The minimum Gasteiger partial charge on any atom is -0.351 e. The second-order valence-electron chi connectivity index (χ2n) is 5.65. The first-order chi connectivity index (χ1) is 11.2. The number of thiazole rings is 1. The van der Waals surface area contributed by atoms with Gasteiger partial charge < -0.3 is 9.88 Å². The van der Waals surface area contributed by atoms with Gasteiger partial charge in [0.1, 0.15) is 10.7 Å². The quantitative estimate of drug-likeness (QED) is 0.689. The Bertz CT molecular complexity index is 819. The molecule has 0 spiro atoms. The van der Waals surface area contributed by atoms with E-state index in [4.69, 9.17) is 0 Å². The minimum atomic E-state index is -0.0811. The predicted octanol–water partition coefficient (Wildman–Crippen LogP) is 4.22. The third kappa shape index (κ3) is 3.29. The molecule has 3 rings (SSSR count). The number of hydrogen-bond donors (Lipinski definition) is 1. The first-order valence-corrected chi connectivity index (χ1v) is 8.87. The summed E-state index contributed by atoms with van der Waals surface area (Å²) in [7, 11) is 2.03. The number of carbonyl (C=O) groups excluding carboxylic acids is 1. The Morgan fingerprint density at radius 2 is 2.13 bits per heavy atom. The highest BCUT2D eigenvalue weighted by Gasteiger charge is 2.14. The second-order valence-corrected chi connectivity index (χ2v) is 6.51. The SMILES string of the molecule is CCCCCNC(=O)c1csc(-c2cc3ccccc3n2C)n1. The normalized spacial score (nSPS) is 11.0. The summed E-state index contributed by atoms with van der Waals surface area (Å²) < 4.78 is 2.12. The van der Waals surface area contributed by atoms with Crippen LogP contribution in [0.2, 0.25) is 0 Å². The molecule has 2 aromatic heterocycles. The van der Waals surface area contributed by atoms with Crippen LogP contribution in [0.3, 0.4) is 0 Å². The molecule has 0 aliphatic heterocycles. The molecule has 0 bridgehead atoms. The van der Waals surface area contributed by atoms with Gasteiger partial charge in [-0.3, -0.25) is 4.79 Å². The lowest BCUT2D eigenvalue weighted by molar-refractivity contribution is 0.0949. The number of nitrogens with zero attached hydrogens (tertiary/aromatic N) is 2. The molecule has 0 unspecified atom stereocenters. The van der Waals surface area contributed by atoms with Gasteiger partial charge in [0.25, 0.3) is 5.91 Å². The van der Waals surface area contributed by atoms with E-state index in [2.05, 4.69) is 40.0 Å². The van der Waals surface area contributed by atoms with Crippen molar-refractivity contribution in [3.8, 4) is 10.7 Å². The van der Waals surface area contributed by atoms with E-state index in [0.717, 1.165) is 30.0 Å². The third-order valence-corrected chi connectivity index (χ3v) is 4.84. The summed E-state index contributed by atoms with van der Waals surface area (Å²) >= 11 is 1.51. The summed E-state index contributed by atoms with van der Waals surface area (Å²) in [6.07, 6.45) is 3.30. The molecule has 1 aromatic carbocycles. The molecule has 3 aromatic rings. The molecule has 0 saturated carbocycles. The van der Waals surface area contributed by atoms with Crippen LogP contribution in [-0.2, 0) is 7.05 Å². The third-order valence-electron chi connectivity index (χ3n) is 3.97. The monoisotopic (exact) mass is 327 g/mol. The minimum absolute atomic E-state index is 0.0811. The van der Waals surface area contributed by atoms with Crippen LogP contribution in [0.25, 0.3) is 21.6 Å². The number of rotatable bonds is 6. The standard InChI is InChI=1S/C18H21N3OS/c1-3-4-7-10-19-17(22)14-12-23-18(20-14)16-11-13-8-5-6-9-15(13)21(16)2/h5-6,8-9,11-12H,3-4,7,10H2,1-2H3,(H,19,22). The van der Waals surface area contributed by atoms with Crippen molar-refractivity contribution in [2.24, 2.45) is 7.05 Å². The molecule has 23 heavy (non-hydrogen) atoms. The van der Waals surface area contributed by atoms with Gasteiger partial charge in [-0.1, -0.05) is 38.0 Å². The Hall–Kier alpha value is -2.14. The Kier molecular flexibility index (Phi) is 4.76. The molecule has 0 aliphatic carbocycles. The fourth-order valence-electron chi connectivity index (χ4n) is 2.66. The number of unbranched alkanes of at least 4 members (excludes halogenated alkanes) is 2. The lowest BCUT2D eigenvalue weighted by atomic mass is 10.2. The van der Waals surface area contributed by atoms with Crippen LogP contribution < -0.4 is 5.32 Å². The zero-order valence-electron chi connectivity index (χ0n) is 13.5. The number of nitrogens with one attached hydrogen (secondary N) is 1. The van der Waals surface area contributed by atoms with Crippen molar-refractivity contribution in [1.29, 1.82) is 0 Å². The summed E-state index contributed by atoms with van der Waals surface area (Å²) in [6.45, 7) is 2.87. The van der Waals surface area contributed by atoms with Gasteiger partial charge >= 0.3 is 0 Å². The van der Waals surface area contributed by atoms with Crippen LogP contribution in [0.4, 0.5) is 0 Å². The number of aryl methyl sites for hydroxylation is 1. The van der Waals surface area contributed by atoms with Crippen LogP contribution in [0, 0.1) is 0 Å². The van der Waals surface area contributed by atoms with Crippen molar-refractivity contribution in [2.75, 3.05) is 6.54 Å². The molecular weight excluding hydrogens is 306 g/mol. The van der Waals surface area contributed by atoms with Crippen LogP contribution in [0.1, 0.15) is 36.7 Å². The van der Waals surface area contributed by atoms with Gasteiger partial charge in [-0.15, -0.1) is 11.3 Å². The number of carbonyl (C=O) groups is 1. The summed E-state index contributed by atoms with van der Waals surface area (Å²) in [6, 6.07) is 10.4. The molecule has 0 aliphatic rings. The van der Waals surface area contributed by atoms with Gasteiger partial charge in [0.2, 0.25) is 0 Å². The highest BCUT2D eigenvalue weighted by atomic mass is 32.1. The first kappa shape index (κ1) is 15.7. The molecule has 4 nitrogen and oxygen atoms in total. The van der Waals surface area contributed by atoms with Crippen LogP contribution in [0.15, 0.2) is 35.7 Å². The predicted molar refractivity (Wildman–Crippen MR) is 95.9 cm³/mol. The van der Waals surface area contributed by atoms with Crippen molar-refractivity contribution < 1.29 is 4.79 Å². The van der Waals surface area contributed by atoms with Gasteiger partial charge in [0.05, 0.1) is 5.69 Å². The lowest BCUT2D eigenvalue weighted by Crippen LogP contribution is -2.24. The molecule has 5 heteroatoms. The van der Waals surface area contributed by atoms with Crippen molar-refractivity contribution in [3.05, 3.63) is 41.4 Å².